The normalized spacial score (nSPS) is 13.4. The predicted octanol–water partition coefficient (Wildman–Crippen LogP) is 8.57. The van der Waals surface area contributed by atoms with Crippen LogP contribution in [-0.4, -0.2) is 80.6 Å². The van der Waals surface area contributed by atoms with Crippen LogP contribution < -0.4 is 0 Å². The van der Waals surface area contributed by atoms with E-state index in [0.29, 0.717) is 19.3 Å². The van der Waals surface area contributed by atoms with E-state index in [1.165, 1.54) is 64.2 Å². The van der Waals surface area contributed by atoms with E-state index in [2.05, 4.69) is 32.1 Å². The van der Waals surface area contributed by atoms with E-state index in [0.717, 1.165) is 38.5 Å². The second-order valence-corrected chi connectivity index (χ2v) is 13.1. The highest BCUT2D eigenvalue weighted by atomic mass is 16.6. The number of carbonyl (C=O) groups excluding carboxylic acids is 2. The molecule has 262 valence electrons. The highest BCUT2D eigenvalue weighted by Crippen LogP contribution is 2.12. The zero-order valence-corrected chi connectivity index (χ0v) is 29.6. The highest BCUT2D eigenvalue weighted by Gasteiger charge is 2.31. The third-order valence-corrected chi connectivity index (χ3v) is 7.84. The van der Waals surface area contributed by atoms with Crippen molar-refractivity contribution in [2.45, 2.75) is 154 Å². The average molecular weight is 639 g/mol. The summed E-state index contributed by atoms with van der Waals surface area (Å²) in [5, 5.41) is 9.55. The molecule has 0 aliphatic rings. The maximum absolute atomic E-state index is 12.6. The third-order valence-electron chi connectivity index (χ3n) is 7.84. The first kappa shape index (κ1) is 42.8. The minimum atomic E-state index is -0.883. The fourth-order valence-corrected chi connectivity index (χ4v) is 4.98. The van der Waals surface area contributed by atoms with Crippen LogP contribution >= 0.6 is 0 Å². The lowest BCUT2D eigenvalue weighted by atomic mass is 10.1. The Balaban J connectivity index is 4.51. The number of hydrogen-bond acceptors (Lipinski definition) is 6. The molecule has 0 aliphatic carbocycles. The first-order valence-corrected chi connectivity index (χ1v) is 17.9. The second kappa shape index (κ2) is 29.2. The largest absolute Gasteiger partial charge is 0.477 e. The number of carboxylic acid groups (broad SMARTS) is 1. The monoisotopic (exact) mass is 638 g/mol. The molecule has 0 bridgehead atoms. The van der Waals surface area contributed by atoms with Gasteiger partial charge in [0.15, 0.2) is 12.1 Å². The number of allylic oxidation sites excluding steroid dienone is 4. The lowest BCUT2D eigenvalue weighted by Gasteiger charge is -2.31. The van der Waals surface area contributed by atoms with Crippen LogP contribution in [0.4, 0.5) is 0 Å². The van der Waals surface area contributed by atoms with Gasteiger partial charge in [0.2, 0.25) is 0 Å². The molecule has 0 amide bonds. The lowest BCUT2D eigenvalue weighted by Crippen LogP contribution is -2.50. The van der Waals surface area contributed by atoms with E-state index < -0.39 is 18.1 Å². The third kappa shape index (κ3) is 27.8. The molecule has 45 heavy (non-hydrogen) atoms. The molecule has 0 spiro atoms. The summed E-state index contributed by atoms with van der Waals surface area (Å²) in [6.45, 7) is 4.60. The molecule has 0 heterocycles. The van der Waals surface area contributed by atoms with E-state index in [4.69, 9.17) is 14.2 Å². The fraction of sp³-hybridized carbons (Fsp3) is 0.811. The fourth-order valence-electron chi connectivity index (χ4n) is 4.98. The van der Waals surface area contributed by atoms with E-state index in [1.807, 2.05) is 27.2 Å². The zero-order chi connectivity index (χ0) is 33.6. The number of aliphatic carboxylic acids is 1. The number of ether oxygens (including phenoxy) is 3. The van der Waals surface area contributed by atoms with Crippen molar-refractivity contribution in [2.24, 2.45) is 0 Å². The summed E-state index contributed by atoms with van der Waals surface area (Å²) in [6, 6.07) is -0.617. The summed E-state index contributed by atoms with van der Waals surface area (Å²) >= 11 is 0. The number of rotatable bonds is 31. The number of likely N-dealkylation sites (N-methyl/N-ethyl adjacent to an activating group) is 1. The maximum atomic E-state index is 12.6. The van der Waals surface area contributed by atoms with Gasteiger partial charge in [0.05, 0.1) is 34.4 Å². The molecule has 8 heteroatoms. The van der Waals surface area contributed by atoms with Crippen LogP contribution in [0.25, 0.3) is 0 Å². The van der Waals surface area contributed by atoms with Gasteiger partial charge in [-0.05, 0) is 51.4 Å². The van der Waals surface area contributed by atoms with Gasteiger partial charge in [0.25, 0.3) is 0 Å². The average Bonchev–Trinajstić information content (AvgIpc) is 2.98. The van der Waals surface area contributed by atoms with Crippen molar-refractivity contribution in [3.8, 4) is 0 Å². The van der Waals surface area contributed by atoms with Crippen molar-refractivity contribution in [3.05, 3.63) is 24.3 Å². The van der Waals surface area contributed by atoms with Gasteiger partial charge in [0, 0.05) is 19.3 Å². The van der Waals surface area contributed by atoms with Gasteiger partial charge >= 0.3 is 17.9 Å². The van der Waals surface area contributed by atoms with Crippen LogP contribution in [0.5, 0.6) is 0 Å². The number of unbranched alkanes of at least 4 members (excludes halogenated alkanes) is 13. The Morgan fingerprint density at radius 2 is 1.16 bits per heavy atom. The van der Waals surface area contributed by atoms with Crippen LogP contribution in [0, 0.1) is 0 Å². The SMILES string of the molecule is CCCCCC/C=C/CCC(=O)OCC(COCCC(C(=O)O)[N+](C)(C)C)OC(=O)CCCCC/C=C/CCCCCCCC. The van der Waals surface area contributed by atoms with E-state index in [9.17, 15) is 19.5 Å². The molecule has 0 aliphatic heterocycles. The van der Waals surface area contributed by atoms with Crippen molar-refractivity contribution in [2.75, 3.05) is 41.0 Å². The van der Waals surface area contributed by atoms with Gasteiger partial charge < -0.3 is 23.8 Å². The van der Waals surface area contributed by atoms with Crippen LogP contribution in [0.2, 0.25) is 0 Å². The Kier molecular flexibility index (Phi) is 27.8. The summed E-state index contributed by atoms with van der Waals surface area (Å²) in [7, 11) is 5.49. The Hall–Kier alpha value is -2.19. The lowest BCUT2D eigenvalue weighted by molar-refractivity contribution is -0.887. The first-order valence-electron chi connectivity index (χ1n) is 17.9. The maximum Gasteiger partial charge on any atom is 0.362 e. The number of esters is 2. The molecule has 1 N–H and O–H groups in total. The van der Waals surface area contributed by atoms with Crippen molar-refractivity contribution >= 4 is 17.9 Å². The zero-order valence-electron chi connectivity index (χ0n) is 29.6. The first-order chi connectivity index (χ1) is 21.6. The molecule has 0 aromatic rings. The number of quaternary nitrogens is 1. The molecule has 0 fully saturated rings. The Morgan fingerprint density at radius 3 is 1.71 bits per heavy atom. The molecule has 0 saturated carbocycles. The van der Waals surface area contributed by atoms with E-state index in [1.54, 1.807) is 0 Å². The van der Waals surface area contributed by atoms with Crippen LogP contribution in [-0.2, 0) is 28.6 Å². The molecule has 8 nitrogen and oxygen atoms in total. The Labute approximate surface area is 275 Å². The van der Waals surface area contributed by atoms with Gasteiger partial charge in [-0.25, -0.2) is 4.79 Å². The quantitative estimate of drug-likeness (QED) is 0.0351. The summed E-state index contributed by atoms with van der Waals surface area (Å²) in [5.41, 5.74) is 0. The highest BCUT2D eigenvalue weighted by molar-refractivity contribution is 5.72. The molecule has 2 atom stereocenters. The minimum Gasteiger partial charge on any atom is -0.477 e. The number of nitrogens with zero attached hydrogens (tertiary/aromatic N) is 1. The number of carbonyl (C=O) groups is 3. The predicted molar refractivity (Wildman–Crippen MR) is 183 cm³/mol. The summed E-state index contributed by atoms with van der Waals surface area (Å²) in [4.78, 5) is 36.5. The molecule has 2 unspecified atom stereocenters. The van der Waals surface area contributed by atoms with Gasteiger partial charge in [-0.15, -0.1) is 0 Å². The van der Waals surface area contributed by atoms with Crippen molar-refractivity contribution in [1.82, 2.24) is 0 Å². The summed E-state index contributed by atoms with van der Waals surface area (Å²) in [6.07, 6.45) is 28.1. The molecule has 0 radical (unpaired) electrons. The smallest absolute Gasteiger partial charge is 0.362 e. The van der Waals surface area contributed by atoms with E-state index >= 15 is 0 Å². The second-order valence-electron chi connectivity index (χ2n) is 13.1. The number of hydrogen-bond donors (Lipinski definition) is 1. The van der Waals surface area contributed by atoms with Gasteiger partial charge in [-0.1, -0.05) is 95.9 Å². The number of carboxylic acids is 1. The molecular formula is C37H68NO7+. The van der Waals surface area contributed by atoms with Gasteiger partial charge in [0.1, 0.15) is 6.61 Å². The minimum absolute atomic E-state index is 0.0452. The van der Waals surface area contributed by atoms with Crippen molar-refractivity contribution in [1.29, 1.82) is 0 Å². The topological polar surface area (TPSA) is 99.1 Å². The standard InChI is InChI=1S/C37H67NO7/c1-6-8-10-12-14-16-17-18-19-20-22-24-26-28-36(40)45-33(31-43-30-29-34(37(41)42)38(3,4)5)32-44-35(39)27-25-23-21-15-13-11-9-7-2/h18-19,21,23,33-34H,6-17,20,22,24-32H2,1-5H3/p+1/b19-18+,23-21+. The summed E-state index contributed by atoms with van der Waals surface area (Å²) < 4.78 is 17.0. The summed E-state index contributed by atoms with van der Waals surface area (Å²) in [5.74, 6) is -1.56. The van der Waals surface area contributed by atoms with Gasteiger partial charge in [-0.3, -0.25) is 9.59 Å². The molecule has 0 aromatic carbocycles. The Morgan fingerprint density at radius 1 is 0.644 bits per heavy atom. The molecule has 0 saturated heterocycles. The molecule has 0 rings (SSSR count). The van der Waals surface area contributed by atoms with Crippen molar-refractivity contribution in [3.63, 3.8) is 0 Å². The van der Waals surface area contributed by atoms with Crippen LogP contribution in [0.1, 0.15) is 142 Å². The van der Waals surface area contributed by atoms with Crippen molar-refractivity contribution < 1.29 is 38.2 Å². The van der Waals surface area contributed by atoms with Crippen LogP contribution in [0.15, 0.2) is 24.3 Å². The Bertz CT molecular complexity index is 803. The molecule has 0 aromatic heterocycles. The van der Waals surface area contributed by atoms with E-state index in [-0.39, 0.29) is 42.7 Å². The molecular weight excluding hydrogens is 570 g/mol. The van der Waals surface area contributed by atoms with Gasteiger partial charge in [-0.2, -0.15) is 0 Å². The van der Waals surface area contributed by atoms with Crippen LogP contribution in [0.3, 0.4) is 0 Å².